The zero-order valence-corrected chi connectivity index (χ0v) is 17.3. The summed E-state index contributed by atoms with van der Waals surface area (Å²) in [6.45, 7) is 0.491. The Bertz CT molecular complexity index is 700. The maximum atomic E-state index is 11.9. The SMILES string of the molecule is COC(=O)[C@@H](CO)N(Cc1ccccc1)Cc1ccccc1.COC(=O)[C@H](N)CO. The van der Waals surface area contributed by atoms with Crippen molar-refractivity contribution in [2.24, 2.45) is 5.73 Å². The number of hydrogen-bond donors (Lipinski definition) is 3. The summed E-state index contributed by atoms with van der Waals surface area (Å²) in [6, 6.07) is 18.2. The summed E-state index contributed by atoms with van der Waals surface area (Å²) in [5.41, 5.74) is 7.17. The summed E-state index contributed by atoms with van der Waals surface area (Å²) in [4.78, 5) is 24.1. The average Bonchev–Trinajstić information content (AvgIpc) is 2.80. The van der Waals surface area contributed by atoms with Gasteiger partial charge in [-0.3, -0.25) is 14.5 Å². The molecule has 0 saturated heterocycles. The molecule has 0 radical (unpaired) electrons. The average molecular weight is 418 g/mol. The molecule has 0 saturated carbocycles. The van der Waals surface area contributed by atoms with Gasteiger partial charge < -0.3 is 25.4 Å². The van der Waals surface area contributed by atoms with Crippen molar-refractivity contribution in [3.8, 4) is 0 Å². The summed E-state index contributed by atoms with van der Waals surface area (Å²) < 4.78 is 9.00. The smallest absolute Gasteiger partial charge is 0.325 e. The van der Waals surface area contributed by atoms with Gasteiger partial charge in [-0.05, 0) is 11.1 Å². The summed E-state index contributed by atoms with van der Waals surface area (Å²) in [6.07, 6.45) is 0. The first-order valence-electron chi connectivity index (χ1n) is 9.41. The Kier molecular flexibility index (Phi) is 12.0. The standard InChI is InChI=1S/C18H21NO3.C4H9NO3/c1-22-18(21)17(14-20)19(12-15-8-4-2-5-9-15)13-16-10-6-3-7-11-16;1-8-4(7)3(5)2-6/h2-11,17,20H,12-14H2,1H3;3,6H,2,5H2,1H3/t17-;3-/m11/s1. The first-order valence-corrected chi connectivity index (χ1v) is 9.41. The molecule has 8 heteroatoms. The van der Waals surface area contributed by atoms with Gasteiger partial charge in [-0.25, -0.2) is 0 Å². The summed E-state index contributed by atoms with van der Waals surface area (Å²) in [5.74, 6) is -1.01. The van der Waals surface area contributed by atoms with E-state index in [1.165, 1.54) is 14.2 Å². The molecule has 0 amide bonds. The lowest BCUT2D eigenvalue weighted by molar-refractivity contribution is -0.149. The normalized spacial score (nSPS) is 12.3. The van der Waals surface area contributed by atoms with Crippen molar-refractivity contribution in [3.05, 3.63) is 71.8 Å². The predicted molar refractivity (Wildman–Crippen MR) is 112 cm³/mol. The first kappa shape index (κ1) is 25.3. The van der Waals surface area contributed by atoms with Crippen LogP contribution in [0.5, 0.6) is 0 Å². The van der Waals surface area contributed by atoms with Crippen LogP contribution in [0.4, 0.5) is 0 Å². The van der Waals surface area contributed by atoms with Gasteiger partial charge in [0.15, 0.2) is 0 Å². The van der Waals surface area contributed by atoms with E-state index in [4.69, 9.17) is 15.6 Å². The molecule has 0 aliphatic rings. The van der Waals surface area contributed by atoms with Gasteiger partial charge in [-0.2, -0.15) is 0 Å². The molecule has 2 aromatic rings. The topological polar surface area (TPSA) is 122 Å². The van der Waals surface area contributed by atoms with Crippen LogP contribution in [0.3, 0.4) is 0 Å². The number of aliphatic hydroxyl groups excluding tert-OH is 2. The number of esters is 2. The van der Waals surface area contributed by atoms with Crippen molar-refractivity contribution in [3.63, 3.8) is 0 Å². The highest BCUT2D eigenvalue weighted by Gasteiger charge is 2.26. The number of carbonyl (C=O) groups is 2. The van der Waals surface area contributed by atoms with Crippen LogP contribution in [0.15, 0.2) is 60.7 Å². The third kappa shape index (κ3) is 8.71. The van der Waals surface area contributed by atoms with Gasteiger partial charge in [0, 0.05) is 13.1 Å². The molecule has 0 aromatic heterocycles. The van der Waals surface area contributed by atoms with Crippen molar-refractivity contribution in [2.45, 2.75) is 25.2 Å². The number of hydrogen-bond acceptors (Lipinski definition) is 8. The number of aliphatic hydroxyl groups is 2. The number of nitrogens with zero attached hydrogens (tertiary/aromatic N) is 1. The molecule has 0 fully saturated rings. The van der Waals surface area contributed by atoms with Crippen molar-refractivity contribution in [1.82, 2.24) is 4.90 Å². The first-order chi connectivity index (χ1) is 14.5. The summed E-state index contributed by atoms with van der Waals surface area (Å²) in [7, 11) is 2.56. The quantitative estimate of drug-likeness (QED) is 0.509. The van der Waals surface area contributed by atoms with Gasteiger partial charge in [0.2, 0.25) is 0 Å². The molecular formula is C22H30N2O6. The fourth-order valence-electron chi connectivity index (χ4n) is 2.61. The van der Waals surface area contributed by atoms with Crippen LogP contribution >= 0.6 is 0 Å². The van der Waals surface area contributed by atoms with Crippen LogP contribution in [0.25, 0.3) is 0 Å². The van der Waals surface area contributed by atoms with E-state index in [1.807, 2.05) is 65.6 Å². The summed E-state index contributed by atoms with van der Waals surface area (Å²) in [5, 5.41) is 17.8. The highest BCUT2D eigenvalue weighted by atomic mass is 16.5. The van der Waals surface area contributed by atoms with E-state index >= 15 is 0 Å². The van der Waals surface area contributed by atoms with Gasteiger partial charge in [0.1, 0.15) is 12.1 Å². The van der Waals surface area contributed by atoms with Gasteiger partial charge in [-0.1, -0.05) is 60.7 Å². The van der Waals surface area contributed by atoms with E-state index in [1.54, 1.807) is 0 Å². The Balaban J connectivity index is 0.000000479. The minimum atomic E-state index is -0.889. The molecule has 0 bridgehead atoms. The van der Waals surface area contributed by atoms with Crippen molar-refractivity contribution < 1.29 is 29.3 Å². The maximum absolute atomic E-state index is 11.9. The van der Waals surface area contributed by atoms with E-state index in [9.17, 15) is 14.7 Å². The Morgan fingerprint density at radius 2 is 1.27 bits per heavy atom. The second-order valence-electron chi connectivity index (χ2n) is 6.41. The Labute approximate surface area is 176 Å². The van der Waals surface area contributed by atoms with E-state index in [2.05, 4.69) is 4.74 Å². The Morgan fingerprint density at radius 1 is 0.833 bits per heavy atom. The molecule has 2 rings (SSSR count). The molecule has 0 unspecified atom stereocenters. The van der Waals surface area contributed by atoms with Gasteiger partial charge in [-0.15, -0.1) is 0 Å². The number of methoxy groups -OCH3 is 2. The third-order valence-electron chi connectivity index (χ3n) is 4.24. The summed E-state index contributed by atoms with van der Waals surface area (Å²) >= 11 is 0. The molecule has 0 spiro atoms. The Hall–Kier alpha value is -2.78. The Morgan fingerprint density at radius 3 is 1.57 bits per heavy atom. The maximum Gasteiger partial charge on any atom is 0.325 e. The molecule has 0 aliphatic heterocycles. The number of ether oxygens (including phenoxy) is 2. The zero-order chi connectivity index (χ0) is 22.4. The molecule has 2 aromatic carbocycles. The number of carbonyl (C=O) groups excluding carboxylic acids is 2. The number of rotatable bonds is 9. The van der Waals surface area contributed by atoms with Gasteiger partial charge in [0.25, 0.3) is 0 Å². The molecule has 164 valence electrons. The molecule has 0 heterocycles. The molecule has 2 atom stereocenters. The zero-order valence-electron chi connectivity index (χ0n) is 17.3. The largest absolute Gasteiger partial charge is 0.468 e. The molecule has 8 nitrogen and oxygen atoms in total. The fraction of sp³-hybridized carbons (Fsp3) is 0.364. The predicted octanol–water partition coefficient (Wildman–Crippen LogP) is 0.702. The third-order valence-corrected chi connectivity index (χ3v) is 4.24. The fourth-order valence-corrected chi connectivity index (χ4v) is 2.61. The van der Waals surface area contributed by atoms with Crippen LogP contribution in [0.1, 0.15) is 11.1 Å². The second kappa shape index (κ2) is 14.2. The monoisotopic (exact) mass is 418 g/mol. The number of nitrogens with two attached hydrogens (primary N) is 1. The van der Waals surface area contributed by atoms with Crippen LogP contribution in [-0.2, 0) is 32.2 Å². The van der Waals surface area contributed by atoms with Crippen LogP contribution < -0.4 is 5.73 Å². The molecule has 30 heavy (non-hydrogen) atoms. The van der Waals surface area contributed by atoms with E-state index in [0.29, 0.717) is 13.1 Å². The van der Waals surface area contributed by atoms with Crippen molar-refractivity contribution >= 4 is 11.9 Å². The van der Waals surface area contributed by atoms with Gasteiger partial charge >= 0.3 is 11.9 Å². The molecule has 4 N–H and O–H groups in total. The van der Waals surface area contributed by atoms with E-state index < -0.39 is 24.0 Å². The number of benzene rings is 2. The lowest BCUT2D eigenvalue weighted by atomic mass is 10.1. The molecule has 0 aliphatic carbocycles. The van der Waals surface area contributed by atoms with E-state index in [0.717, 1.165) is 11.1 Å². The van der Waals surface area contributed by atoms with Crippen LogP contribution in [-0.4, -0.2) is 66.6 Å². The lowest BCUT2D eigenvalue weighted by Crippen LogP contribution is -2.43. The minimum Gasteiger partial charge on any atom is -0.468 e. The van der Waals surface area contributed by atoms with Crippen molar-refractivity contribution in [2.75, 3.05) is 27.4 Å². The van der Waals surface area contributed by atoms with Crippen LogP contribution in [0, 0.1) is 0 Å². The highest BCUT2D eigenvalue weighted by Crippen LogP contribution is 2.14. The molecular weight excluding hydrogens is 388 g/mol. The van der Waals surface area contributed by atoms with Crippen molar-refractivity contribution in [1.29, 1.82) is 0 Å². The lowest BCUT2D eigenvalue weighted by Gasteiger charge is -2.28. The minimum absolute atomic E-state index is 0.271. The van der Waals surface area contributed by atoms with Crippen LogP contribution in [0.2, 0.25) is 0 Å². The highest BCUT2D eigenvalue weighted by molar-refractivity contribution is 5.76. The van der Waals surface area contributed by atoms with E-state index in [-0.39, 0.29) is 13.2 Å². The second-order valence-corrected chi connectivity index (χ2v) is 6.41. The van der Waals surface area contributed by atoms with Gasteiger partial charge in [0.05, 0.1) is 27.4 Å².